The van der Waals surface area contributed by atoms with E-state index in [2.05, 4.69) is 0 Å². The van der Waals surface area contributed by atoms with E-state index in [0.29, 0.717) is 46.4 Å². The van der Waals surface area contributed by atoms with Crippen LogP contribution in [0.2, 0.25) is 5.02 Å². The topological polar surface area (TPSA) is 59.1 Å². The Kier molecular flexibility index (Phi) is 5.77. The van der Waals surface area contributed by atoms with E-state index in [0.717, 1.165) is 5.56 Å². The Morgan fingerprint density at radius 1 is 1.00 bits per heavy atom. The van der Waals surface area contributed by atoms with Gasteiger partial charge in [0.15, 0.2) is 0 Å². The van der Waals surface area contributed by atoms with Crippen LogP contribution in [0.4, 0.5) is 5.69 Å². The Balaban J connectivity index is 1.82. The predicted molar refractivity (Wildman–Crippen MR) is 120 cm³/mol. The first kappa shape index (κ1) is 21.4. The fourth-order valence-corrected chi connectivity index (χ4v) is 4.43. The van der Waals surface area contributed by atoms with Crippen molar-refractivity contribution >= 4 is 34.7 Å². The highest BCUT2D eigenvalue weighted by atomic mass is 35.5. The quantitative estimate of drug-likeness (QED) is 0.671. The maximum absolute atomic E-state index is 13.6. The molecule has 1 saturated heterocycles. The molecule has 2 atom stereocenters. The second-order valence-electron chi connectivity index (χ2n) is 8.02. The van der Waals surface area contributed by atoms with Crippen molar-refractivity contribution in [3.05, 3.63) is 64.3 Å². The molecule has 162 valence electrons. The number of carbonyl (C=O) groups excluding carboxylic acids is 2. The van der Waals surface area contributed by atoms with Gasteiger partial charge in [-0.15, -0.1) is 0 Å². The van der Waals surface area contributed by atoms with Crippen molar-refractivity contribution in [3.63, 3.8) is 0 Å². The van der Waals surface area contributed by atoms with E-state index < -0.39 is 0 Å². The number of morpholine rings is 1. The smallest absolute Gasteiger partial charge is 0.282 e. The third-order valence-electron chi connectivity index (χ3n) is 5.53. The molecule has 0 aliphatic carbocycles. The molecule has 0 N–H and O–H groups in total. The summed E-state index contributed by atoms with van der Waals surface area (Å²) in [6.07, 6.45) is -0.106. The van der Waals surface area contributed by atoms with Gasteiger partial charge in [-0.25, -0.2) is 4.90 Å². The van der Waals surface area contributed by atoms with Crippen LogP contribution in [-0.2, 0) is 14.3 Å². The van der Waals surface area contributed by atoms with Gasteiger partial charge in [0, 0.05) is 13.1 Å². The summed E-state index contributed by atoms with van der Waals surface area (Å²) < 4.78 is 11.0. The fraction of sp³-hybridized carbons (Fsp3) is 0.333. The third kappa shape index (κ3) is 3.93. The lowest BCUT2D eigenvalue weighted by molar-refractivity contribution is -0.121. The predicted octanol–water partition coefficient (Wildman–Crippen LogP) is 4.05. The summed E-state index contributed by atoms with van der Waals surface area (Å²) in [5.41, 5.74) is 3.01. The molecule has 2 unspecified atom stereocenters. The Hall–Kier alpha value is -2.83. The van der Waals surface area contributed by atoms with Gasteiger partial charge >= 0.3 is 0 Å². The van der Waals surface area contributed by atoms with E-state index in [9.17, 15) is 9.59 Å². The van der Waals surface area contributed by atoms with Crippen LogP contribution in [0.3, 0.4) is 0 Å². The summed E-state index contributed by atoms with van der Waals surface area (Å²) in [5.74, 6) is -0.243. The molecular formula is C24H25ClN2O4. The number of halogens is 1. The van der Waals surface area contributed by atoms with Crippen LogP contribution >= 0.6 is 11.6 Å². The molecule has 0 radical (unpaired) electrons. The van der Waals surface area contributed by atoms with Crippen molar-refractivity contribution < 1.29 is 19.1 Å². The van der Waals surface area contributed by atoms with Crippen LogP contribution in [0.15, 0.2) is 48.2 Å². The number of aryl methyl sites for hydroxylation is 1. The van der Waals surface area contributed by atoms with Crippen molar-refractivity contribution in [1.29, 1.82) is 0 Å². The summed E-state index contributed by atoms with van der Waals surface area (Å²) in [7, 11) is 1.52. The molecule has 2 aliphatic heterocycles. The lowest BCUT2D eigenvalue weighted by atomic mass is 10.0. The van der Waals surface area contributed by atoms with Crippen molar-refractivity contribution in [1.82, 2.24) is 4.90 Å². The first-order valence-electron chi connectivity index (χ1n) is 10.2. The molecule has 2 heterocycles. The average molecular weight is 441 g/mol. The second kappa shape index (κ2) is 8.36. The molecule has 7 heteroatoms. The van der Waals surface area contributed by atoms with Gasteiger partial charge < -0.3 is 14.4 Å². The monoisotopic (exact) mass is 440 g/mol. The zero-order chi connectivity index (χ0) is 22.3. The van der Waals surface area contributed by atoms with Crippen LogP contribution in [0, 0.1) is 6.92 Å². The maximum Gasteiger partial charge on any atom is 0.282 e. The molecule has 2 amide bonds. The average Bonchev–Trinajstić information content (AvgIpc) is 2.98. The summed E-state index contributed by atoms with van der Waals surface area (Å²) in [6, 6.07) is 12.5. The zero-order valence-corrected chi connectivity index (χ0v) is 18.8. The minimum absolute atomic E-state index is 0.0529. The molecule has 0 spiro atoms. The van der Waals surface area contributed by atoms with E-state index in [1.807, 2.05) is 49.9 Å². The normalized spacial score (nSPS) is 21.8. The van der Waals surface area contributed by atoms with Crippen LogP contribution in [-0.4, -0.2) is 49.1 Å². The lowest BCUT2D eigenvalue weighted by Gasteiger charge is -2.37. The first-order chi connectivity index (χ1) is 14.8. The molecule has 0 aromatic heterocycles. The van der Waals surface area contributed by atoms with Gasteiger partial charge in [-0.1, -0.05) is 41.4 Å². The van der Waals surface area contributed by atoms with Gasteiger partial charge in [0.05, 0.1) is 35.6 Å². The highest BCUT2D eigenvalue weighted by Crippen LogP contribution is 2.38. The van der Waals surface area contributed by atoms with Crippen molar-refractivity contribution in [3.8, 4) is 5.75 Å². The number of hydrogen-bond donors (Lipinski definition) is 0. The number of rotatable bonds is 4. The minimum atomic E-state index is -0.364. The molecular weight excluding hydrogens is 416 g/mol. The van der Waals surface area contributed by atoms with Gasteiger partial charge in [0.1, 0.15) is 11.4 Å². The van der Waals surface area contributed by atoms with E-state index in [-0.39, 0.29) is 24.0 Å². The van der Waals surface area contributed by atoms with E-state index in [4.69, 9.17) is 21.1 Å². The summed E-state index contributed by atoms with van der Waals surface area (Å²) in [5, 5.41) is 0.333. The molecule has 0 bridgehead atoms. The number of benzene rings is 2. The van der Waals surface area contributed by atoms with E-state index >= 15 is 0 Å². The van der Waals surface area contributed by atoms with Crippen molar-refractivity contribution in [2.75, 3.05) is 25.1 Å². The molecule has 4 rings (SSSR count). The SMILES string of the molecule is COc1ccc(N2C(=O)C(c3ccc(C)cc3)=C(N3CC(C)OC(C)C3)C2=O)cc1Cl. The van der Waals surface area contributed by atoms with Gasteiger partial charge in [0.2, 0.25) is 0 Å². The summed E-state index contributed by atoms with van der Waals surface area (Å²) in [4.78, 5) is 30.4. The number of methoxy groups -OCH3 is 1. The van der Waals surface area contributed by atoms with Gasteiger partial charge in [-0.3, -0.25) is 9.59 Å². The number of imide groups is 1. The largest absolute Gasteiger partial charge is 0.495 e. The second-order valence-corrected chi connectivity index (χ2v) is 8.42. The van der Waals surface area contributed by atoms with Crippen LogP contribution in [0.25, 0.3) is 5.57 Å². The Bertz CT molecular complexity index is 1050. The highest BCUT2D eigenvalue weighted by molar-refractivity contribution is 6.45. The summed E-state index contributed by atoms with van der Waals surface area (Å²) in [6.45, 7) is 6.99. The lowest BCUT2D eigenvalue weighted by Crippen LogP contribution is -2.47. The number of carbonyl (C=O) groups is 2. The minimum Gasteiger partial charge on any atom is -0.495 e. The molecule has 2 aromatic carbocycles. The Morgan fingerprint density at radius 3 is 2.23 bits per heavy atom. The fourth-order valence-electron chi connectivity index (χ4n) is 4.18. The van der Waals surface area contributed by atoms with Gasteiger partial charge in [0.25, 0.3) is 11.8 Å². The summed E-state index contributed by atoms with van der Waals surface area (Å²) >= 11 is 6.28. The highest BCUT2D eigenvalue weighted by Gasteiger charge is 2.44. The Labute approximate surface area is 187 Å². The maximum atomic E-state index is 13.6. The molecule has 0 saturated carbocycles. The molecule has 2 aromatic rings. The molecule has 31 heavy (non-hydrogen) atoms. The Morgan fingerprint density at radius 2 is 1.65 bits per heavy atom. The van der Waals surface area contributed by atoms with E-state index in [1.54, 1.807) is 18.2 Å². The number of nitrogens with zero attached hydrogens (tertiary/aromatic N) is 2. The zero-order valence-electron chi connectivity index (χ0n) is 18.0. The third-order valence-corrected chi connectivity index (χ3v) is 5.82. The standard InChI is InChI=1S/C24H25ClN2O4/c1-14-5-7-17(8-6-14)21-22(26-12-15(2)31-16(3)13-26)24(29)27(23(21)28)18-9-10-20(30-4)19(25)11-18/h5-11,15-16H,12-13H2,1-4H3. The number of amides is 2. The van der Waals surface area contributed by atoms with Crippen molar-refractivity contribution in [2.24, 2.45) is 0 Å². The number of anilines is 1. The van der Waals surface area contributed by atoms with Crippen LogP contribution in [0.1, 0.15) is 25.0 Å². The molecule has 1 fully saturated rings. The van der Waals surface area contributed by atoms with Crippen molar-refractivity contribution in [2.45, 2.75) is 33.0 Å². The van der Waals surface area contributed by atoms with Gasteiger partial charge in [-0.05, 0) is 44.5 Å². The van der Waals surface area contributed by atoms with E-state index in [1.165, 1.54) is 12.0 Å². The number of ether oxygens (including phenoxy) is 2. The molecule has 2 aliphatic rings. The van der Waals surface area contributed by atoms with Gasteiger partial charge in [-0.2, -0.15) is 0 Å². The number of hydrogen-bond acceptors (Lipinski definition) is 5. The first-order valence-corrected chi connectivity index (χ1v) is 10.6. The van der Waals surface area contributed by atoms with Crippen LogP contribution < -0.4 is 9.64 Å². The molecule has 6 nitrogen and oxygen atoms in total. The van der Waals surface area contributed by atoms with Crippen LogP contribution in [0.5, 0.6) is 5.75 Å².